The summed E-state index contributed by atoms with van der Waals surface area (Å²) in [6, 6.07) is 12.6. The van der Waals surface area contributed by atoms with Gasteiger partial charge in [-0.05, 0) is 49.2 Å². The van der Waals surface area contributed by atoms with Crippen molar-refractivity contribution in [3.8, 4) is 6.07 Å². The van der Waals surface area contributed by atoms with Crippen LogP contribution < -0.4 is 5.32 Å². The van der Waals surface area contributed by atoms with E-state index in [1.807, 2.05) is 6.07 Å². The smallest absolute Gasteiger partial charge is 0.333 e. The SMILES string of the molecule is N#Cc1ccc(CCN(CC(F)(F)F)C(=O)CCCNCS(=O)(=O)c2cccc(Cl)c2Cl)cc1. The molecule has 0 bridgehead atoms. The van der Waals surface area contributed by atoms with E-state index < -0.39 is 34.3 Å². The molecule has 0 saturated heterocycles. The number of carbonyl (C=O) groups excluding carboxylic acids is 1. The lowest BCUT2D eigenvalue weighted by Gasteiger charge is -2.24. The number of hydrogen-bond acceptors (Lipinski definition) is 5. The first-order chi connectivity index (χ1) is 15.9. The van der Waals surface area contributed by atoms with Crippen LogP contribution in [0.1, 0.15) is 24.0 Å². The van der Waals surface area contributed by atoms with Crippen molar-refractivity contribution in [3.63, 3.8) is 0 Å². The predicted molar refractivity (Wildman–Crippen MR) is 123 cm³/mol. The number of rotatable bonds is 11. The van der Waals surface area contributed by atoms with Gasteiger partial charge in [-0.25, -0.2) is 8.42 Å². The summed E-state index contributed by atoms with van der Waals surface area (Å²) < 4.78 is 63.7. The highest BCUT2D eigenvalue weighted by Gasteiger charge is 2.32. The molecule has 1 amide bonds. The molecule has 2 aromatic rings. The summed E-state index contributed by atoms with van der Waals surface area (Å²) in [7, 11) is -3.79. The van der Waals surface area contributed by atoms with Gasteiger partial charge in [0.15, 0.2) is 9.84 Å². The number of carbonyl (C=O) groups is 1. The van der Waals surface area contributed by atoms with Crippen LogP contribution in [0.15, 0.2) is 47.4 Å². The van der Waals surface area contributed by atoms with Crippen LogP contribution in [0.5, 0.6) is 0 Å². The molecule has 0 fully saturated rings. The summed E-state index contributed by atoms with van der Waals surface area (Å²) >= 11 is 11.8. The number of alkyl halides is 3. The highest BCUT2D eigenvalue weighted by atomic mass is 35.5. The molecular weight excluding hydrogens is 514 g/mol. The van der Waals surface area contributed by atoms with Crippen LogP contribution in [-0.2, 0) is 21.1 Å². The minimum Gasteiger partial charge on any atom is -0.333 e. The summed E-state index contributed by atoms with van der Waals surface area (Å²) in [4.78, 5) is 13.0. The molecule has 0 atom stereocenters. The Morgan fingerprint density at radius 2 is 1.79 bits per heavy atom. The van der Waals surface area contributed by atoms with Crippen molar-refractivity contribution < 1.29 is 26.4 Å². The Hall–Kier alpha value is -2.32. The predicted octanol–water partition coefficient (Wildman–Crippen LogP) is 4.60. The molecule has 0 heterocycles. The van der Waals surface area contributed by atoms with E-state index in [9.17, 15) is 26.4 Å². The van der Waals surface area contributed by atoms with E-state index in [1.54, 1.807) is 24.3 Å². The first-order valence-corrected chi connectivity index (χ1v) is 12.5. The number of hydrogen-bond donors (Lipinski definition) is 1. The fourth-order valence-corrected chi connectivity index (χ4v) is 5.00. The minimum absolute atomic E-state index is 0.0915. The Morgan fingerprint density at radius 1 is 1.12 bits per heavy atom. The van der Waals surface area contributed by atoms with Crippen molar-refractivity contribution in [2.24, 2.45) is 0 Å². The maximum atomic E-state index is 13.0. The van der Waals surface area contributed by atoms with Crippen molar-refractivity contribution >= 4 is 38.9 Å². The summed E-state index contributed by atoms with van der Waals surface area (Å²) in [5.74, 6) is -1.15. The van der Waals surface area contributed by atoms with Gasteiger partial charge in [-0.1, -0.05) is 41.4 Å². The fraction of sp³-hybridized carbons (Fsp3) is 0.364. The Morgan fingerprint density at radius 3 is 2.41 bits per heavy atom. The van der Waals surface area contributed by atoms with Crippen LogP contribution in [0, 0.1) is 11.3 Å². The van der Waals surface area contributed by atoms with Crippen molar-refractivity contribution in [2.45, 2.75) is 30.3 Å². The summed E-state index contributed by atoms with van der Waals surface area (Å²) in [5, 5.41) is 11.5. The van der Waals surface area contributed by atoms with Gasteiger partial charge in [0.05, 0.1) is 26.6 Å². The van der Waals surface area contributed by atoms with Gasteiger partial charge >= 0.3 is 6.18 Å². The lowest BCUT2D eigenvalue weighted by Crippen LogP contribution is -2.40. The number of sulfone groups is 1. The van der Waals surface area contributed by atoms with Crippen LogP contribution >= 0.6 is 23.2 Å². The maximum absolute atomic E-state index is 13.0. The van der Waals surface area contributed by atoms with Gasteiger partial charge in [0.2, 0.25) is 5.91 Å². The first kappa shape index (κ1) is 27.9. The van der Waals surface area contributed by atoms with Crippen molar-refractivity contribution in [1.82, 2.24) is 10.2 Å². The van der Waals surface area contributed by atoms with Gasteiger partial charge in [0, 0.05) is 13.0 Å². The van der Waals surface area contributed by atoms with Crippen LogP contribution in [0.25, 0.3) is 0 Å². The molecule has 0 aliphatic carbocycles. The lowest BCUT2D eigenvalue weighted by atomic mass is 10.1. The second-order valence-corrected chi connectivity index (χ2v) is 10.1. The number of amides is 1. The highest BCUT2D eigenvalue weighted by molar-refractivity contribution is 7.91. The van der Waals surface area contributed by atoms with Crippen molar-refractivity contribution in [1.29, 1.82) is 5.26 Å². The molecule has 0 saturated carbocycles. The molecule has 1 N–H and O–H groups in total. The average Bonchev–Trinajstić information content (AvgIpc) is 2.77. The van der Waals surface area contributed by atoms with E-state index in [0.717, 1.165) is 4.90 Å². The van der Waals surface area contributed by atoms with Crippen LogP contribution in [0.2, 0.25) is 10.0 Å². The van der Waals surface area contributed by atoms with Crippen LogP contribution in [0.3, 0.4) is 0 Å². The number of nitrogens with one attached hydrogen (secondary N) is 1. The molecule has 2 aromatic carbocycles. The topological polar surface area (TPSA) is 90.3 Å². The molecule has 0 aliphatic heterocycles. The fourth-order valence-electron chi connectivity index (χ4n) is 3.05. The normalized spacial score (nSPS) is 11.8. The summed E-state index contributed by atoms with van der Waals surface area (Å²) in [6.45, 7) is -1.42. The summed E-state index contributed by atoms with van der Waals surface area (Å²) in [5.41, 5.74) is 1.13. The molecule has 0 aliphatic rings. The molecule has 6 nitrogen and oxygen atoms in total. The maximum Gasteiger partial charge on any atom is 0.406 e. The Labute approximate surface area is 206 Å². The number of nitriles is 1. The largest absolute Gasteiger partial charge is 0.406 e. The highest BCUT2D eigenvalue weighted by Crippen LogP contribution is 2.29. The van der Waals surface area contributed by atoms with Crippen LogP contribution in [0.4, 0.5) is 13.2 Å². The molecule has 0 radical (unpaired) electrons. The first-order valence-electron chi connectivity index (χ1n) is 10.1. The average molecular weight is 536 g/mol. The summed E-state index contributed by atoms with van der Waals surface area (Å²) in [6.07, 6.45) is -4.40. The van der Waals surface area contributed by atoms with Crippen LogP contribution in [-0.4, -0.2) is 50.9 Å². The van der Waals surface area contributed by atoms with E-state index in [0.29, 0.717) is 11.1 Å². The third-order valence-electron chi connectivity index (χ3n) is 4.76. The molecule has 0 spiro atoms. The molecule has 2 rings (SSSR count). The number of halogens is 5. The van der Waals surface area contributed by atoms with Gasteiger partial charge in [-0.2, -0.15) is 18.4 Å². The molecule has 0 unspecified atom stereocenters. The van der Waals surface area contributed by atoms with Gasteiger partial charge in [-0.15, -0.1) is 0 Å². The van der Waals surface area contributed by atoms with Crippen molar-refractivity contribution in [2.75, 3.05) is 25.5 Å². The van der Waals surface area contributed by atoms with Gasteiger partial charge in [0.25, 0.3) is 0 Å². The van der Waals surface area contributed by atoms with E-state index >= 15 is 0 Å². The number of nitrogens with zero attached hydrogens (tertiary/aromatic N) is 2. The van der Waals surface area contributed by atoms with Gasteiger partial charge < -0.3 is 10.2 Å². The standard InChI is InChI=1S/C22H22Cl2F3N3O3S/c23-18-3-1-4-19(21(18)24)34(32,33)15-29-11-2-5-20(31)30(14-22(25,26)27)12-10-16-6-8-17(13-28)9-7-16/h1,3-4,6-9,29H,2,5,10-12,14-15H2. The van der Waals surface area contributed by atoms with E-state index in [4.69, 9.17) is 28.5 Å². The molecule has 34 heavy (non-hydrogen) atoms. The zero-order valence-corrected chi connectivity index (χ0v) is 20.2. The van der Waals surface area contributed by atoms with Gasteiger partial charge in [0.1, 0.15) is 12.4 Å². The van der Waals surface area contributed by atoms with Crippen molar-refractivity contribution in [3.05, 3.63) is 63.6 Å². The second-order valence-electron chi connectivity index (χ2n) is 7.40. The zero-order chi connectivity index (χ0) is 25.4. The Balaban J connectivity index is 1.87. The molecule has 184 valence electrons. The Kier molecular flexibility index (Phi) is 10.2. The lowest BCUT2D eigenvalue weighted by molar-refractivity contribution is -0.161. The van der Waals surface area contributed by atoms with Gasteiger partial charge in [-0.3, -0.25) is 4.79 Å². The molecule has 0 aromatic heterocycles. The van der Waals surface area contributed by atoms with E-state index in [-0.39, 0.29) is 47.3 Å². The third-order valence-corrected chi connectivity index (χ3v) is 7.29. The second kappa shape index (κ2) is 12.4. The number of benzene rings is 2. The monoisotopic (exact) mass is 535 g/mol. The Bertz CT molecular complexity index is 1130. The van der Waals surface area contributed by atoms with E-state index in [2.05, 4.69) is 5.32 Å². The van der Waals surface area contributed by atoms with E-state index in [1.165, 1.54) is 18.2 Å². The third kappa shape index (κ3) is 8.80. The zero-order valence-electron chi connectivity index (χ0n) is 17.9. The molecular formula is C22H22Cl2F3N3O3S. The molecule has 12 heteroatoms. The minimum atomic E-state index is -4.55. The quantitative estimate of drug-likeness (QED) is 0.424.